The van der Waals surface area contributed by atoms with Gasteiger partial charge in [0.05, 0.1) is 12.3 Å². The van der Waals surface area contributed by atoms with Gasteiger partial charge < -0.3 is 5.32 Å². The summed E-state index contributed by atoms with van der Waals surface area (Å²) in [5, 5.41) is 15.3. The lowest BCUT2D eigenvalue weighted by atomic mass is 10.1. The highest BCUT2D eigenvalue weighted by Crippen LogP contribution is 2.11. The van der Waals surface area contributed by atoms with Crippen LogP contribution in [0.5, 0.6) is 0 Å². The highest BCUT2D eigenvalue weighted by atomic mass is 32.1. The standard InChI is InChI=1S/C7H8N4OS/c1-2-5(3-8)7(12)10-6-4-9-11-13-6/h4-5H,2H2,1H3,(H,10,12). The summed E-state index contributed by atoms with van der Waals surface area (Å²) in [7, 11) is 0. The Morgan fingerprint density at radius 1 is 1.92 bits per heavy atom. The Balaban J connectivity index is 2.56. The lowest BCUT2D eigenvalue weighted by Crippen LogP contribution is -2.20. The molecule has 1 amide bonds. The van der Waals surface area contributed by atoms with Crippen LogP contribution in [0.15, 0.2) is 6.20 Å². The molecule has 1 atom stereocenters. The van der Waals surface area contributed by atoms with E-state index in [-0.39, 0.29) is 5.91 Å². The summed E-state index contributed by atoms with van der Waals surface area (Å²) in [6.07, 6.45) is 1.96. The van der Waals surface area contributed by atoms with E-state index in [1.54, 1.807) is 6.92 Å². The molecule has 68 valence electrons. The Morgan fingerprint density at radius 2 is 2.69 bits per heavy atom. The number of hydrogen-bond donors (Lipinski definition) is 1. The van der Waals surface area contributed by atoms with Crippen LogP contribution in [0.2, 0.25) is 0 Å². The molecule has 6 heteroatoms. The van der Waals surface area contributed by atoms with Crippen molar-refractivity contribution < 1.29 is 4.79 Å². The molecule has 0 saturated carbocycles. The summed E-state index contributed by atoms with van der Waals surface area (Å²) in [6.45, 7) is 1.79. The third-order valence-electron chi connectivity index (χ3n) is 1.49. The van der Waals surface area contributed by atoms with Gasteiger partial charge in [0.25, 0.3) is 0 Å². The third-order valence-corrected chi connectivity index (χ3v) is 2.07. The number of nitrogens with zero attached hydrogens (tertiary/aromatic N) is 3. The van der Waals surface area contributed by atoms with E-state index in [0.29, 0.717) is 11.4 Å². The van der Waals surface area contributed by atoms with Crippen molar-refractivity contribution in [1.29, 1.82) is 5.26 Å². The second-order valence-corrected chi connectivity index (χ2v) is 3.15. The minimum atomic E-state index is -0.595. The molecule has 1 aromatic rings. The zero-order valence-corrected chi connectivity index (χ0v) is 7.84. The van der Waals surface area contributed by atoms with Crippen LogP contribution < -0.4 is 5.32 Å². The SMILES string of the molecule is CCC(C#N)C(=O)Nc1cnns1. The van der Waals surface area contributed by atoms with Crippen molar-refractivity contribution in [2.75, 3.05) is 5.32 Å². The Labute approximate surface area is 79.5 Å². The van der Waals surface area contributed by atoms with Gasteiger partial charge >= 0.3 is 0 Å². The van der Waals surface area contributed by atoms with E-state index >= 15 is 0 Å². The van der Waals surface area contributed by atoms with E-state index in [9.17, 15) is 4.79 Å². The summed E-state index contributed by atoms with van der Waals surface area (Å²) in [5.74, 6) is -0.891. The summed E-state index contributed by atoms with van der Waals surface area (Å²) in [4.78, 5) is 11.3. The molecular weight excluding hydrogens is 188 g/mol. The van der Waals surface area contributed by atoms with Crippen LogP contribution in [0.25, 0.3) is 0 Å². The van der Waals surface area contributed by atoms with Crippen molar-refractivity contribution in [3.05, 3.63) is 6.20 Å². The fraction of sp³-hybridized carbons (Fsp3) is 0.429. The molecule has 0 saturated heterocycles. The van der Waals surface area contributed by atoms with Crippen LogP contribution in [-0.2, 0) is 4.79 Å². The molecule has 1 aromatic heterocycles. The largest absolute Gasteiger partial charge is 0.314 e. The highest BCUT2D eigenvalue weighted by molar-refractivity contribution is 7.10. The Hall–Kier alpha value is -1.48. The predicted molar refractivity (Wildman–Crippen MR) is 47.9 cm³/mol. The first-order valence-corrected chi connectivity index (χ1v) is 4.53. The van der Waals surface area contributed by atoms with Crippen LogP contribution >= 0.6 is 11.5 Å². The Kier molecular flexibility index (Phi) is 3.34. The highest BCUT2D eigenvalue weighted by Gasteiger charge is 2.15. The van der Waals surface area contributed by atoms with E-state index < -0.39 is 5.92 Å². The lowest BCUT2D eigenvalue weighted by molar-refractivity contribution is -0.118. The topological polar surface area (TPSA) is 78.7 Å². The fourth-order valence-corrected chi connectivity index (χ4v) is 1.19. The predicted octanol–water partition coefficient (Wildman–Crippen LogP) is 1.03. The van der Waals surface area contributed by atoms with E-state index in [1.165, 1.54) is 6.20 Å². The molecule has 0 fully saturated rings. The number of carbonyl (C=O) groups excluding carboxylic acids is 1. The van der Waals surface area contributed by atoms with Gasteiger partial charge in [0.1, 0.15) is 10.9 Å². The van der Waals surface area contributed by atoms with Gasteiger partial charge in [0.2, 0.25) is 5.91 Å². The van der Waals surface area contributed by atoms with E-state index in [2.05, 4.69) is 14.9 Å². The smallest absolute Gasteiger partial charge is 0.242 e. The minimum absolute atomic E-state index is 0.295. The molecule has 0 aliphatic carbocycles. The maximum atomic E-state index is 11.3. The van der Waals surface area contributed by atoms with Crippen molar-refractivity contribution in [2.24, 2.45) is 5.92 Å². The average Bonchev–Trinajstić information content (AvgIpc) is 2.59. The summed E-state index contributed by atoms with van der Waals surface area (Å²) < 4.78 is 3.58. The van der Waals surface area contributed by atoms with Gasteiger partial charge in [-0.25, -0.2) is 0 Å². The van der Waals surface area contributed by atoms with Gasteiger partial charge in [-0.15, -0.1) is 5.10 Å². The van der Waals surface area contributed by atoms with Crippen LogP contribution in [0.4, 0.5) is 5.00 Å². The van der Waals surface area contributed by atoms with Gasteiger partial charge in [0, 0.05) is 11.5 Å². The van der Waals surface area contributed by atoms with Crippen molar-refractivity contribution in [3.63, 3.8) is 0 Å². The van der Waals surface area contributed by atoms with Crippen molar-refractivity contribution in [1.82, 2.24) is 9.59 Å². The minimum Gasteiger partial charge on any atom is -0.314 e. The first-order chi connectivity index (χ1) is 6.27. The zero-order chi connectivity index (χ0) is 9.68. The molecule has 0 radical (unpaired) electrons. The molecular formula is C7H8N4OS. The van der Waals surface area contributed by atoms with E-state index in [1.807, 2.05) is 6.07 Å². The maximum Gasteiger partial charge on any atom is 0.242 e. The molecule has 0 aliphatic heterocycles. The fourth-order valence-electron chi connectivity index (χ4n) is 0.766. The number of rotatable bonds is 3. The number of nitriles is 1. The number of hydrogen-bond acceptors (Lipinski definition) is 5. The quantitative estimate of drug-likeness (QED) is 0.783. The van der Waals surface area contributed by atoms with E-state index in [4.69, 9.17) is 5.26 Å². The normalized spacial score (nSPS) is 11.7. The number of amides is 1. The maximum absolute atomic E-state index is 11.3. The van der Waals surface area contributed by atoms with Gasteiger partial charge in [0.15, 0.2) is 0 Å². The molecule has 1 heterocycles. The van der Waals surface area contributed by atoms with Crippen LogP contribution in [0.1, 0.15) is 13.3 Å². The van der Waals surface area contributed by atoms with Crippen molar-refractivity contribution in [2.45, 2.75) is 13.3 Å². The van der Waals surface area contributed by atoms with Crippen molar-refractivity contribution in [3.8, 4) is 6.07 Å². The molecule has 0 bridgehead atoms. The third kappa shape index (κ3) is 2.49. The first-order valence-electron chi connectivity index (χ1n) is 3.75. The van der Waals surface area contributed by atoms with E-state index in [0.717, 1.165) is 11.5 Å². The Bertz CT molecular complexity index is 316. The molecule has 0 spiro atoms. The molecule has 1 N–H and O–H groups in total. The Morgan fingerprint density at radius 3 is 3.15 bits per heavy atom. The second kappa shape index (κ2) is 4.52. The monoisotopic (exact) mass is 196 g/mol. The summed E-state index contributed by atoms with van der Waals surface area (Å²) in [6, 6.07) is 1.92. The van der Waals surface area contributed by atoms with Crippen molar-refractivity contribution >= 4 is 22.4 Å². The lowest BCUT2D eigenvalue weighted by Gasteiger charge is -2.04. The number of nitrogens with one attached hydrogen (secondary N) is 1. The summed E-state index contributed by atoms with van der Waals surface area (Å²) >= 11 is 1.09. The number of carbonyl (C=O) groups is 1. The first kappa shape index (κ1) is 9.61. The average molecular weight is 196 g/mol. The molecule has 0 aliphatic rings. The van der Waals surface area contributed by atoms with Gasteiger partial charge in [-0.05, 0) is 6.42 Å². The van der Waals surface area contributed by atoms with Crippen LogP contribution in [-0.4, -0.2) is 15.5 Å². The summed E-state index contributed by atoms with van der Waals surface area (Å²) in [5.41, 5.74) is 0. The zero-order valence-electron chi connectivity index (χ0n) is 7.02. The second-order valence-electron chi connectivity index (χ2n) is 2.36. The van der Waals surface area contributed by atoms with Crippen LogP contribution in [0, 0.1) is 17.2 Å². The number of aromatic nitrogens is 2. The molecule has 0 aromatic carbocycles. The molecule has 5 nitrogen and oxygen atoms in total. The number of anilines is 1. The van der Waals surface area contributed by atoms with Crippen LogP contribution in [0.3, 0.4) is 0 Å². The van der Waals surface area contributed by atoms with Gasteiger partial charge in [-0.3, -0.25) is 4.79 Å². The molecule has 1 rings (SSSR count). The van der Waals surface area contributed by atoms with Gasteiger partial charge in [-0.1, -0.05) is 11.4 Å². The van der Waals surface area contributed by atoms with Gasteiger partial charge in [-0.2, -0.15) is 5.26 Å². The molecule has 1 unspecified atom stereocenters. The molecule has 13 heavy (non-hydrogen) atoms.